The standard InChI is InChI=1S/C15H20FN3O3/c16-12-5-7-19(9-13(12)17)14(20)6-8-22-11-3-1-10(2-4-11)15(18)21/h1-4,12-13H,5-9,17H2,(H2,18,21)/t12-,13-/m1/s1. The van der Waals surface area contributed by atoms with Crippen LogP contribution in [-0.2, 0) is 4.79 Å². The van der Waals surface area contributed by atoms with Gasteiger partial charge in [0.1, 0.15) is 11.9 Å². The number of amides is 2. The van der Waals surface area contributed by atoms with Gasteiger partial charge in [0.05, 0.1) is 19.1 Å². The second kappa shape index (κ2) is 7.22. The van der Waals surface area contributed by atoms with Gasteiger partial charge in [-0.1, -0.05) is 0 Å². The topological polar surface area (TPSA) is 98.7 Å². The minimum Gasteiger partial charge on any atom is -0.493 e. The van der Waals surface area contributed by atoms with E-state index in [9.17, 15) is 14.0 Å². The molecule has 0 bridgehead atoms. The van der Waals surface area contributed by atoms with E-state index < -0.39 is 18.1 Å². The Hall–Kier alpha value is -2.15. The van der Waals surface area contributed by atoms with Crippen molar-refractivity contribution in [3.63, 3.8) is 0 Å². The molecule has 0 saturated carbocycles. The van der Waals surface area contributed by atoms with Gasteiger partial charge in [0, 0.05) is 18.7 Å². The van der Waals surface area contributed by atoms with Gasteiger partial charge in [-0.15, -0.1) is 0 Å². The highest BCUT2D eigenvalue weighted by Crippen LogP contribution is 2.15. The number of nitrogens with zero attached hydrogens (tertiary/aromatic N) is 1. The monoisotopic (exact) mass is 309 g/mol. The van der Waals surface area contributed by atoms with E-state index in [1.807, 2.05) is 0 Å². The van der Waals surface area contributed by atoms with Crippen LogP contribution in [0.15, 0.2) is 24.3 Å². The Morgan fingerprint density at radius 1 is 1.32 bits per heavy atom. The highest BCUT2D eigenvalue weighted by molar-refractivity contribution is 5.92. The average Bonchev–Trinajstić information content (AvgIpc) is 2.50. The first-order chi connectivity index (χ1) is 10.5. The molecule has 22 heavy (non-hydrogen) atoms. The number of carbonyl (C=O) groups excluding carboxylic acids is 2. The van der Waals surface area contributed by atoms with Crippen LogP contribution in [0.5, 0.6) is 5.75 Å². The fraction of sp³-hybridized carbons (Fsp3) is 0.467. The molecule has 1 saturated heterocycles. The molecule has 1 aromatic carbocycles. The van der Waals surface area contributed by atoms with Gasteiger partial charge in [0.15, 0.2) is 0 Å². The molecule has 7 heteroatoms. The fourth-order valence-electron chi connectivity index (χ4n) is 2.31. The number of halogens is 1. The Morgan fingerprint density at radius 2 is 2.00 bits per heavy atom. The van der Waals surface area contributed by atoms with Gasteiger partial charge in [-0.25, -0.2) is 4.39 Å². The second-order valence-corrected chi connectivity index (χ2v) is 5.30. The molecule has 0 aliphatic carbocycles. The summed E-state index contributed by atoms with van der Waals surface area (Å²) in [6.07, 6.45) is -0.562. The van der Waals surface area contributed by atoms with Gasteiger partial charge >= 0.3 is 0 Å². The van der Waals surface area contributed by atoms with Gasteiger partial charge in [-0.2, -0.15) is 0 Å². The molecule has 1 heterocycles. The lowest BCUT2D eigenvalue weighted by Gasteiger charge is -2.33. The minimum atomic E-state index is -1.04. The van der Waals surface area contributed by atoms with Gasteiger partial charge in [0.25, 0.3) is 0 Å². The van der Waals surface area contributed by atoms with E-state index >= 15 is 0 Å². The van der Waals surface area contributed by atoms with Crippen molar-refractivity contribution in [1.29, 1.82) is 0 Å². The Kier molecular flexibility index (Phi) is 5.32. The Morgan fingerprint density at radius 3 is 2.59 bits per heavy atom. The number of primary amides is 1. The maximum Gasteiger partial charge on any atom is 0.248 e. The van der Waals surface area contributed by atoms with Crippen LogP contribution >= 0.6 is 0 Å². The van der Waals surface area contributed by atoms with E-state index in [-0.39, 0.29) is 31.9 Å². The smallest absolute Gasteiger partial charge is 0.248 e. The van der Waals surface area contributed by atoms with Crippen molar-refractivity contribution in [2.75, 3.05) is 19.7 Å². The zero-order chi connectivity index (χ0) is 16.1. The number of rotatable bonds is 5. The maximum absolute atomic E-state index is 13.3. The maximum atomic E-state index is 13.3. The summed E-state index contributed by atoms with van der Waals surface area (Å²) in [5.74, 6) is -0.0533. The molecule has 1 aromatic rings. The summed E-state index contributed by atoms with van der Waals surface area (Å²) in [5, 5.41) is 0. The fourth-order valence-corrected chi connectivity index (χ4v) is 2.31. The minimum absolute atomic E-state index is 0.101. The van der Waals surface area contributed by atoms with Crippen LogP contribution < -0.4 is 16.2 Å². The summed E-state index contributed by atoms with van der Waals surface area (Å²) in [5.41, 5.74) is 11.2. The molecular formula is C15H20FN3O3. The lowest BCUT2D eigenvalue weighted by atomic mass is 10.0. The molecular weight excluding hydrogens is 289 g/mol. The van der Waals surface area contributed by atoms with Crippen molar-refractivity contribution >= 4 is 11.8 Å². The predicted octanol–water partition coefficient (Wildman–Crippen LogP) is 0.452. The van der Waals surface area contributed by atoms with Gasteiger partial charge in [-0.3, -0.25) is 9.59 Å². The summed E-state index contributed by atoms with van der Waals surface area (Å²) in [6, 6.07) is 5.75. The summed E-state index contributed by atoms with van der Waals surface area (Å²) in [6.45, 7) is 0.841. The number of benzene rings is 1. The van der Waals surface area contributed by atoms with Crippen molar-refractivity contribution in [3.8, 4) is 5.75 Å². The van der Waals surface area contributed by atoms with E-state index in [2.05, 4.69) is 0 Å². The molecule has 0 spiro atoms. The van der Waals surface area contributed by atoms with Gasteiger partial charge in [0.2, 0.25) is 11.8 Å². The molecule has 0 aromatic heterocycles. The quantitative estimate of drug-likeness (QED) is 0.825. The van der Waals surface area contributed by atoms with E-state index in [1.165, 1.54) is 0 Å². The first-order valence-electron chi connectivity index (χ1n) is 7.17. The number of ether oxygens (including phenoxy) is 1. The summed E-state index contributed by atoms with van der Waals surface area (Å²) in [4.78, 5) is 24.5. The van der Waals surface area contributed by atoms with E-state index in [1.54, 1.807) is 29.2 Å². The third-order valence-electron chi connectivity index (χ3n) is 3.65. The van der Waals surface area contributed by atoms with Gasteiger partial charge < -0.3 is 21.1 Å². The van der Waals surface area contributed by atoms with Crippen molar-refractivity contribution in [2.45, 2.75) is 25.1 Å². The first kappa shape index (κ1) is 16.2. The Balaban J connectivity index is 1.76. The summed E-state index contributed by atoms with van der Waals surface area (Å²) >= 11 is 0. The third-order valence-corrected chi connectivity index (χ3v) is 3.65. The molecule has 120 valence electrons. The largest absolute Gasteiger partial charge is 0.493 e. The molecule has 1 aliphatic rings. The molecule has 0 unspecified atom stereocenters. The second-order valence-electron chi connectivity index (χ2n) is 5.30. The molecule has 0 radical (unpaired) electrons. The van der Waals surface area contributed by atoms with Crippen LogP contribution in [0.3, 0.4) is 0 Å². The molecule has 1 fully saturated rings. The molecule has 2 atom stereocenters. The van der Waals surface area contributed by atoms with Crippen molar-refractivity contribution in [1.82, 2.24) is 4.90 Å². The van der Waals surface area contributed by atoms with Crippen molar-refractivity contribution in [3.05, 3.63) is 29.8 Å². The third kappa shape index (κ3) is 4.17. The summed E-state index contributed by atoms with van der Waals surface area (Å²) in [7, 11) is 0. The van der Waals surface area contributed by atoms with E-state index in [0.717, 1.165) is 0 Å². The lowest BCUT2D eigenvalue weighted by Crippen LogP contribution is -2.51. The zero-order valence-corrected chi connectivity index (χ0v) is 12.2. The van der Waals surface area contributed by atoms with Gasteiger partial charge in [-0.05, 0) is 30.7 Å². The lowest BCUT2D eigenvalue weighted by molar-refractivity contribution is -0.133. The van der Waals surface area contributed by atoms with Crippen LogP contribution in [0.1, 0.15) is 23.2 Å². The van der Waals surface area contributed by atoms with Crippen LogP contribution in [0.25, 0.3) is 0 Å². The van der Waals surface area contributed by atoms with Crippen LogP contribution in [0, 0.1) is 0 Å². The van der Waals surface area contributed by atoms with E-state index in [4.69, 9.17) is 16.2 Å². The predicted molar refractivity (Wildman–Crippen MR) is 79.1 cm³/mol. The molecule has 2 amide bonds. The number of nitrogens with two attached hydrogens (primary N) is 2. The Bertz CT molecular complexity index is 535. The molecule has 4 N–H and O–H groups in total. The molecule has 1 aliphatic heterocycles. The number of likely N-dealkylation sites (tertiary alicyclic amines) is 1. The van der Waals surface area contributed by atoms with E-state index in [0.29, 0.717) is 17.9 Å². The SMILES string of the molecule is NC(=O)c1ccc(OCCC(=O)N2CC[C@@H](F)[C@H](N)C2)cc1. The number of hydrogen-bond acceptors (Lipinski definition) is 4. The first-order valence-corrected chi connectivity index (χ1v) is 7.17. The summed E-state index contributed by atoms with van der Waals surface area (Å²) < 4.78 is 18.7. The zero-order valence-electron chi connectivity index (χ0n) is 12.2. The highest BCUT2D eigenvalue weighted by atomic mass is 19.1. The van der Waals surface area contributed by atoms with Crippen molar-refractivity contribution in [2.24, 2.45) is 11.5 Å². The van der Waals surface area contributed by atoms with Crippen molar-refractivity contribution < 1.29 is 18.7 Å². The number of alkyl halides is 1. The molecule has 6 nitrogen and oxygen atoms in total. The van der Waals surface area contributed by atoms with Crippen LogP contribution in [-0.4, -0.2) is 48.6 Å². The Labute approximate surface area is 128 Å². The number of piperidine rings is 1. The van der Waals surface area contributed by atoms with Crippen LogP contribution in [0.4, 0.5) is 4.39 Å². The van der Waals surface area contributed by atoms with Crippen LogP contribution in [0.2, 0.25) is 0 Å². The normalized spacial score (nSPS) is 21.5. The molecule has 2 rings (SSSR count). The average molecular weight is 309 g/mol. The highest BCUT2D eigenvalue weighted by Gasteiger charge is 2.28. The number of hydrogen-bond donors (Lipinski definition) is 2. The number of carbonyl (C=O) groups is 2.